The normalized spacial score (nSPS) is 11.4. The van der Waals surface area contributed by atoms with Crippen molar-refractivity contribution in [2.75, 3.05) is 6.61 Å². The van der Waals surface area contributed by atoms with Gasteiger partial charge in [0, 0.05) is 5.56 Å². The molecule has 0 aliphatic carbocycles. The van der Waals surface area contributed by atoms with E-state index < -0.39 is 0 Å². The molecule has 0 saturated heterocycles. The molecule has 4 aromatic rings. The Kier molecular flexibility index (Phi) is 5.24. The topological polar surface area (TPSA) is 37.9 Å². The molecule has 0 fully saturated rings. The maximum Gasteiger partial charge on any atom is 0.138 e. The molecule has 0 spiro atoms. The Morgan fingerprint density at radius 3 is 2.29 bits per heavy atom. The summed E-state index contributed by atoms with van der Waals surface area (Å²) < 4.78 is 5.51. The van der Waals surface area contributed by atoms with E-state index in [-0.39, 0.29) is 0 Å². The van der Waals surface area contributed by atoms with E-state index in [1.54, 1.807) is 0 Å². The lowest BCUT2D eigenvalue weighted by atomic mass is 10.1. The first-order chi connectivity index (χ1) is 13.7. The molecule has 0 aliphatic heterocycles. The second-order valence-electron chi connectivity index (χ2n) is 6.75. The zero-order valence-electron chi connectivity index (χ0n) is 16.3. The first-order valence-electron chi connectivity index (χ1n) is 9.75. The summed E-state index contributed by atoms with van der Waals surface area (Å²) in [6, 6.07) is 23.0. The number of nitrogens with one attached hydrogen (secondary N) is 1. The van der Waals surface area contributed by atoms with Gasteiger partial charge < -0.3 is 9.72 Å². The van der Waals surface area contributed by atoms with Crippen molar-refractivity contribution in [3.63, 3.8) is 0 Å². The molecule has 0 saturated carbocycles. The quantitative estimate of drug-likeness (QED) is 0.402. The van der Waals surface area contributed by atoms with E-state index in [4.69, 9.17) is 9.72 Å². The van der Waals surface area contributed by atoms with Crippen LogP contribution in [0, 0.1) is 0 Å². The molecule has 28 heavy (non-hydrogen) atoms. The number of fused-ring (bicyclic) bond motifs is 1. The van der Waals surface area contributed by atoms with E-state index in [0.717, 1.165) is 40.2 Å². The van der Waals surface area contributed by atoms with E-state index in [9.17, 15) is 0 Å². The third-order valence-electron chi connectivity index (χ3n) is 4.80. The molecule has 0 atom stereocenters. The highest BCUT2D eigenvalue weighted by molar-refractivity contribution is 5.83. The van der Waals surface area contributed by atoms with E-state index >= 15 is 0 Å². The van der Waals surface area contributed by atoms with Crippen LogP contribution in [0.3, 0.4) is 0 Å². The molecule has 4 rings (SSSR count). The Bertz CT molecular complexity index is 1090. The number of aromatic amines is 1. The van der Waals surface area contributed by atoms with Crippen molar-refractivity contribution in [2.24, 2.45) is 0 Å². The molecule has 1 heterocycles. The standard InChI is InChI=1S/C25H24N2O/c1-3-18-5-7-19(8-6-18)9-10-20-11-16-23-24(17-20)27-25(26-23)21-12-14-22(15-13-21)28-4-2/h5-17H,3-4H2,1-2H3,(H,26,27)/b10-9+. The molecule has 0 aliphatic rings. The van der Waals surface area contributed by atoms with Gasteiger partial charge in [-0.15, -0.1) is 0 Å². The van der Waals surface area contributed by atoms with Crippen LogP contribution in [-0.4, -0.2) is 16.6 Å². The van der Waals surface area contributed by atoms with Crippen molar-refractivity contribution in [1.82, 2.24) is 9.97 Å². The minimum Gasteiger partial charge on any atom is -0.494 e. The van der Waals surface area contributed by atoms with Crippen molar-refractivity contribution >= 4 is 23.2 Å². The largest absolute Gasteiger partial charge is 0.494 e. The van der Waals surface area contributed by atoms with Gasteiger partial charge in [-0.2, -0.15) is 0 Å². The lowest BCUT2D eigenvalue weighted by molar-refractivity contribution is 0.340. The van der Waals surface area contributed by atoms with Gasteiger partial charge in [0.05, 0.1) is 17.6 Å². The maximum absolute atomic E-state index is 5.51. The molecule has 3 nitrogen and oxygen atoms in total. The van der Waals surface area contributed by atoms with Crippen LogP contribution in [0.15, 0.2) is 66.7 Å². The van der Waals surface area contributed by atoms with E-state index in [1.165, 1.54) is 11.1 Å². The number of H-pyrrole nitrogens is 1. The Morgan fingerprint density at radius 2 is 1.57 bits per heavy atom. The van der Waals surface area contributed by atoms with Crippen molar-refractivity contribution in [1.29, 1.82) is 0 Å². The van der Waals surface area contributed by atoms with Gasteiger partial charge in [-0.05, 0) is 66.4 Å². The van der Waals surface area contributed by atoms with Gasteiger partial charge in [0.2, 0.25) is 0 Å². The van der Waals surface area contributed by atoms with E-state index in [1.807, 2.05) is 31.2 Å². The Balaban J connectivity index is 1.56. The molecule has 140 valence electrons. The average Bonchev–Trinajstić information content (AvgIpc) is 3.17. The second-order valence-corrected chi connectivity index (χ2v) is 6.75. The molecular weight excluding hydrogens is 344 g/mol. The number of aromatic nitrogens is 2. The molecule has 3 aromatic carbocycles. The molecular formula is C25H24N2O. The highest BCUT2D eigenvalue weighted by Crippen LogP contribution is 2.24. The van der Waals surface area contributed by atoms with E-state index in [0.29, 0.717) is 6.61 Å². The summed E-state index contributed by atoms with van der Waals surface area (Å²) in [5, 5.41) is 0. The predicted molar refractivity (Wildman–Crippen MR) is 117 cm³/mol. The van der Waals surface area contributed by atoms with Crippen LogP contribution < -0.4 is 4.74 Å². The van der Waals surface area contributed by atoms with Gasteiger partial charge >= 0.3 is 0 Å². The molecule has 1 aromatic heterocycles. The number of hydrogen-bond donors (Lipinski definition) is 1. The third-order valence-corrected chi connectivity index (χ3v) is 4.80. The van der Waals surface area contributed by atoms with Crippen LogP contribution in [0.1, 0.15) is 30.5 Å². The van der Waals surface area contributed by atoms with Crippen molar-refractivity contribution in [2.45, 2.75) is 20.3 Å². The van der Waals surface area contributed by atoms with Crippen LogP contribution in [0.2, 0.25) is 0 Å². The van der Waals surface area contributed by atoms with Gasteiger partial charge in [0.15, 0.2) is 0 Å². The lowest BCUT2D eigenvalue weighted by Gasteiger charge is -2.02. The van der Waals surface area contributed by atoms with Gasteiger partial charge in [-0.1, -0.05) is 49.4 Å². The monoisotopic (exact) mass is 368 g/mol. The van der Waals surface area contributed by atoms with Crippen molar-refractivity contribution in [3.05, 3.63) is 83.4 Å². The number of imidazole rings is 1. The molecule has 0 unspecified atom stereocenters. The van der Waals surface area contributed by atoms with Crippen LogP contribution >= 0.6 is 0 Å². The fourth-order valence-corrected chi connectivity index (χ4v) is 3.20. The van der Waals surface area contributed by atoms with E-state index in [2.05, 4.69) is 66.5 Å². The molecule has 0 radical (unpaired) electrons. The first kappa shape index (κ1) is 18.1. The molecule has 1 N–H and O–H groups in total. The number of nitrogens with zero attached hydrogens (tertiary/aromatic N) is 1. The van der Waals surface area contributed by atoms with Crippen LogP contribution in [-0.2, 0) is 6.42 Å². The number of hydrogen-bond acceptors (Lipinski definition) is 2. The number of aryl methyl sites for hydroxylation is 1. The molecule has 0 amide bonds. The Morgan fingerprint density at radius 1 is 0.857 bits per heavy atom. The summed E-state index contributed by atoms with van der Waals surface area (Å²) in [7, 11) is 0. The van der Waals surface area contributed by atoms with Crippen LogP contribution in [0.25, 0.3) is 34.6 Å². The second kappa shape index (κ2) is 8.13. The fraction of sp³-hybridized carbons (Fsp3) is 0.160. The minimum atomic E-state index is 0.670. The van der Waals surface area contributed by atoms with Crippen molar-refractivity contribution < 1.29 is 4.74 Å². The van der Waals surface area contributed by atoms with Crippen molar-refractivity contribution in [3.8, 4) is 17.1 Å². The summed E-state index contributed by atoms with van der Waals surface area (Å²) in [6.07, 6.45) is 5.34. The van der Waals surface area contributed by atoms with Crippen LogP contribution in [0.5, 0.6) is 5.75 Å². The van der Waals surface area contributed by atoms with Gasteiger partial charge in [0.25, 0.3) is 0 Å². The highest BCUT2D eigenvalue weighted by Gasteiger charge is 2.06. The highest BCUT2D eigenvalue weighted by atomic mass is 16.5. The first-order valence-corrected chi connectivity index (χ1v) is 9.75. The Hall–Kier alpha value is -3.33. The minimum absolute atomic E-state index is 0.670. The number of benzene rings is 3. The number of rotatable bonds is 6. The zero-order chi connectivity index (χ0) is 19.3. The fourth-order valence-electron chi connectivity index (χ4n) is 3.20. The van der Waals surface area contributed by atoms with Gasteiger partial charge in [0.1, 0.15) is 11.6 Å². The molecule has 0 bridgehead atoms. The van der Waals surface area contributed by atoms with Gasteiger partial charge in [-0.3, -0.25) is 0 Å². The maximum atomic E-state index is 5.51. The predicted octanol–water partition coefficient (Wildman–Crippen LogP) is 6.36. The van der Waals surface area contributed by atoms with Crippen LogP contribution in [0.4, 0.5) is 0 Å². The summed E-state index contributed by atoms with van der Waals surface area (Å²) in [5.41, 5.74) is 6.75. The smallest absolute Gasteiger partial charge is 0.138 e. The lowest BCUT2D eigenvalue weighted by Crippen LogP contribution is -1.90. The average molecular weight is 368 g/mol. The summed E-state index contributed by atoms with van der Waals surface area (Å²) in [5.74, 6) is 1.75. The molecule has 3 heteroatoms. The summed E-state index contributed by atoms with van der Waals surface area (Å²) in [6.45, 7) is 4.83. The van der Waals surface area contributed by atoms with Gasteiger partial charge in [-0.25, -0.2) is 4.98 Å². The zero-order valence-corrected chi connectivity index (χ0v) is 16.3. The summed E-state index contributed by atoms with van der Waals surface area (Å²) in [4.78, 5) is 8.17. The Labute approximate surface area is 165 Å². The summed E-state index contributed by atoms with van der Waals surface area (Å²) >= 11 is 0. The third kappa shape index (κ3) is 3.99. The number of ether oxygens (including phenoxy) is 1. The SMILES string of the molecule is CCOc1ccc(-c2nc3cc(/C=C/c4ccc(CC)cc4)ccc3[nH]2)cc1.